The molecule has 1 amide bonds. The maximum Gasteiger partial charge on any atom is 0.263 e. The van der Waals surface area contributed by atoms with E-state index in [1.165, 1.54) is 6.20 Å². The smallest absolute Gasteiger partial charge is 0.263 e. The Hall–Kier alpha value is -3.26. The maximum absolute atomic E-state index is 12.1. The molecule has 2 N–H and O–H groups in total. The summed E-state index contributed by atoms with van der Waals surface area (Å²) in [6.07, 6.45) is 2.18. The number of carbonyl (C=O) groups excluding carboxylic acids is 1. The average Bonchev–Trinajstić information content (AvgIpc) is 2.67. The van der Waals surface area contributed by atoms with Gasteiger partial charge in [0.05, 0.1) is 7.11 Å². The van der Waals surface area contributed by atoms with Crippen LogP contribution in [-0.4, -0.2) is 19.6 Å². The first kappa shape index (κ1) is 18.1. The predicted octanol–water partition coefficient (Wildman–Crippen LogP) is 2.55. The Morgan fingerprint density at radius 3 is 2.60 bits per heavy atom. The fourth-order valence-electron chi connectivity index (χ4n) is 2.31. The number of ether oxygens (including phenoxy) is 1. The van der Waals surface area contributed by atoms with E-state index in [1.54, 1.807) is 7.11 Å². The number of hydrogen-bond acceptors (Lipinski definition) is 4. The van der Waals surface area contributed by atoms with Crippen molar-refractivity contribution in [2.75, 3.05) is 13.7 Å². The van der Waals surface area contributed by atoms with Crippen LogP contribution in [0.25, 0.3) is 0 Å². The van der Waals surface area contributed by atoms with Gasteiger partial charge in [0.25, 0.3) is 5.91 Å². The minimum atomic E-state index is -0.392. The van der Waals surface area contributed by atoms with Gasteiger partial charge in [0.1, 0.15) is 17.4 Å². The first-order chi connectivity index (χ1) is 12.2. The second-order valence-corrected chi connectivity index (χ2v) is 5.35. The van der Waals surface area contributed by atoms with Crippen molar-refractivity contribution in [2.45, 2.75) is 13.0 Å². The van der Waals surface area contributed by atoms with Crippen LogP contribution in [0.3, 0.4) is 0 Å². The predicted molar refractivity (Wildman–Crippen MR) is 96.7 cm³/mol. The summed E-state index contributed by atoms with van der Waals surface area (Å²) >= 11 is 0. The molecule has 0 saturated heterocycles. The summed E-state index contributed by atoms with van der Waals surface area (Å²) in [5.41, 5.74) is 2.10. The summed E-state index contributed by atoms with van der Waals surface area (Å²) in [6, 6.07) is 19.2. The quantitative estimate of drug-likeness (QED) is 0.442. The Labute approximate surface area is 147 Å². The van der Waals surface area contributed by atoms with Gasteiger partial charge < -0.3 is 15.4 Å². The van der Waals surface area contributed by atoms with Crippen LogP contribution in [0, 0.1) is 11.3 Å². The van der Waals surface area contributed by atoms with Crippen LogP contribution in [0.5, 0.6) is 5.75 Å². The van der Waals surface area contributed by atoms with Gasteiger partial charge in [-0.25, -0.2) is 0 Å². The number of benzene rings is 2. The van der Waals surface area contributed by atoms with Crippen LogP contribution in [0.15, 0.2) is 66.4 Å². The first-order valence-electron chi connectivity index (χ1n) is 8.02. The highest BCUT2D eigenvalue weighted by atomic mass is 16.5. The van der Waals surface area contributed by atoms with Crippen molar-refractivity contribution in [3.63, 3.8) is 0 Å². The number of hydrogen-bond donors (Lipinski definition) is 2. The molecule has 0 spiro atoms. The van der Waals surface area contributed by atoms with Crippen LogP contribution in [0.4, 0.5) is 0 Å². The molecule has 25 heavy (non-hydrogen) atoms. The van der Waals surface area contributed by atoms with Crippen LogP contribution in [-0.2, 0) is 17.8 Å². The molecule has 0 aromatic heterocycles. The zero-order chi connectivity index (χ0) is 17.9. The Bertz CT molecular complexity index is 764. The molecule has 0 bridgehead atoms. The van der Waals surface area contributed by atoms with Gasteiger partial charge in [0, 0.05) is 19.3 Å². The molecular formula is C20H21N3O2. The molecule has 0 atom stereocenters. The zero-order valence-electron chi connectivity index (χ0n) is 14.2. The van der Waals surface area contributed by atoms with Gasteiger partial charge in [-0.05, 0) is 23.6 Å². The minimum absolute atomic E-state index is 0.0518. The zero-order valence-corrected chi connectivity index (χ0v) is 14.2. The van der Waals surface area contributed by atoms with Crippen LogP contribution in [0.2, 0.25) is 0 Å². The summed E-state index contributed by atoms with van der Waals surface area (Å²) in [5, 5.41) is 14.9. The van der Waals surface area contributed by atoms with Gasteiger partial charge in [0.15, 0.2) is 0 Å². The highest BCUT2D eigenvalue weighted by molar-refractivity contribution is 5.97. The molecule has 0 fully saturated rings. The Morgan fingerprint density at radius 2 is 1.88 bits per heavy atom. The normalized spacial score (nSPS) is 10.6. The number of amides is 1. The number of nitrogens with one attached hydrogen (secondary N) is 2. The van der Waals surface area contributed by atoms with Crippen molar-refractivity contribution in [1.82, 2.24) is 10.6 Å². The van der Waals surface area contributed by atoms with Crippen molar-refractivity contribution in [3.05, 3.63) is 77.5 Å². The summed E-state index contributed by atoms with van der Waals surface area (Å²) in [6.45, 7) is 0.984. The molecule has 0 aliphatic rings. The monoisotopic (exact) mass is 335 g/mol. The van der Waals surface area contributed by atoms with E-state index in [0.29, 0.717) is 13.1 Å². The van der Waals surface area contributed by atoms with Crippen molar-refractivity contribution in [2.24, 2.45) is 0 Å². The second-order valence-electron chi connectivity index (χ2n) is 5.35. The molecule has 0 aliphatic heterocycles. The molecule has 2 aromatic rings. The van der Waals surface area contributed by atoms with Crippen LogP contribution in [0.1, 0.15) is 11.1 Å². The topological polar surface area (TPSA) is 74.1 Å². The van der Waals surface area contributed by atoms with E-state index in [1.807, 2.05) is 60.7 Å². The van der Waals surface area contributed by atoms with Crippen molar-refractivity contribution < 1.29 is 9.53 Å². The number of methoxy groups -OCH3 is 1. The number of nitriles is 1. The Morgan fingerprint density at radius 1 is 1.16 bits per heavy atom. The molecule has 2 aromatic carbocycles. The van der Waals surface area contributed by atoms with E-state index >= 15 is 0 Å². The Kier molecular flexibility index (Phi) is 7.08. The molecule has 0 unspecified atom stereocenters. The minimum Gasteiger partial charge on any atom is -0.496 e. The average molecular weight is 335 g/mol. The fourth-order valence-corrected chi connectivity index (χ4v) is 2.31. The molecule has 0 aliphatic carbocycles. The number of carbonyl (C=O) groups is 1. The third-order valence-corrected chi connectivity index (χ3v) is 3.64. The SMILES string of the molecule is COc1ccccc1CCN/C=C(/C#N)C(=O)NCc1ccccc1. The molecule has 0 saturated carbocycles. The van der Waals surface area contributed by atoms with Crippen LogP contribution >= 0.6 is 0 Å². The van der Waals surface area contributed by atoms with Crippen LogP contribution < -0.4 is 15.4 Å². The van der Waals surface area contributed by atoms with E-state index < -0.39 is 5.91 Å². The third-order valence-electron chi connectivity index (χ3n) is 3.64. The maximum atomic E-state index is 12.1. The van der Waals surface area contributed by atoms with E-state index in [2.05, 4.69) is 10.6 Å². The lowest BCUT2D eigenvalue weighted by atomic mass is 10.1. The number of nitrogens with zero attached hydrogens (tertiary/aromatic N) is 1. The lowest BCUT2D eigenvalue weighted by Crippen LogP contribution is -2.25. The number of para-hydroxylation sites is 1. The van der Waals surface area contributed by atoms with Gasteiger partial charge >= 0.3 is 0 Å². The van der Waals surface area contributed by atoms with Gasteiger partial charge in [-0.2, -0.15) is 5.26 Å². The Balaban J connectivity index is 1.83. The van der Waals surface area contributed by atoms with Crippen molar-refractivity contribution in [3.8, 4) is 11.8 Å². The van der Waals surface area contributed by atoms with Gasteiger partial charge in [-0.3, -0.25) is 4.79 Å². The fraction of sp³-hybridized carbons (Fsp3) is 0.200. The molecular weight excluding hydrogens is 314 g/mol. The molecule has 128 valence electrons. The van der Waals surface area contributed by atoms with E-state index in [0.717, 1.165) is 23.3 Å². The summed E-state index contributed by atoms with van der Waals surface area (Å²) in [5.74, 6) is 0.436. The highest BCUT2D eigenvalue weighted by Crippen LogP contribution is 2.17. The first-order valence-corrected chi connectivity index (χ1v) is 8.02. The van der Waals surface area contributed by atoms with E-state index in [9.17, 15) is 4.79 Å². The van der Waals surface area contributed by atoms with Crippen molar-refractivity contribution >= 4 is 5.91 Å². The second kappa shape index (κ2) is 9.78. The van der Waals surface area contributed by atoms with E-state index in [-0.39, 0.29) is 5.57 Å². The molecule has 0 heterocycles. The van der Waals surface area contributed by atoms with Crippen molar-refractivity contribution in [1.29, 1.82) is 5.26 Å². The molecule has 5 heteroatoms. The largest absolute Gasteiger partial charge is 0.496 e. The standard InChI is InChI=1S/C20H21N3O2/c1-25-19-10-6-5-9-17(19)11-12-22-15-18(13-21)20(24)23-14-16-7-3-2-4-8-16/h2-10,15,22H,11-12,14H2,1H3,(H,23,24)/b18-15-. The van der Waals surface area contributed by atoms with E-state index in [4.69, 9.17) is 10.00 Å². The molecule has 5 nitrogen and oxygen atoms in total. The van der Waals surface area contributed by atoms with Gasteiger partial charge in [0.2, 0.25) is 0 Å². The molecule has 2 rings (SSSR count). The third kappa shape index (κ3) is 5.70. The summed E-state index contributed by atoms with van der Waals surface area (Å²) < 4.78 is 5.30. The highest BCUT2D eigenvalue weighted by Gasteiger charge is 2.08. The lowest BCUT2D eigenvalue weighted by Gasteiger charge is -2.08. The summed E-state index contributed by atoms with van der Waals surface area (Å²) in [7, 11) is 1.64. The molecule has 0 radical (unpaired) electrons. The number of rotatable bonds is 8. The summed E-state index contributed by atoms with van der Waals surface area (Å²) in [4.78, 5) is 12.1. The van der Waals surface area contributed by atoms with Gasteiger partial charge in [-0.15, -0.1) is 0 Å². The van der Waals surface area contributed by atoms with Gasteiger partial charge in [-0.1, -0.05) is 48.5 Å². The lowest BCUT2D eigenvalue weighted by molar-refractivity contribution is -0.117.